The van der Waals surface area contributed by atoms with E-state index in [9.17, 15) is 9.90 Å². The van der Waals surface area contributed by atoms with Crippen LogP contribution in [0.4, 0.5) is 5.69 Å². The summed E-state index contributed by atoms with van der Waals surface area (Å²) in [6, 6.07) is 12.6. The number of halogens is 2. The van der Waals surface area contributed by atoms with E-state index in [0.717, 1.165) is 0 Å². The van der Waals surface area contributed by atoms with Crippen molar-refractivity contribution in [3.63, 3.8) is 0 Å². The number of carbonyl (C=O) groups excluding carboxylic acids is 1. The number of nitrogens with zero attached hydrogens (tertiary/aromatic N) is 1. The number of unbranched alkanes of at least 4 members (excludes halogenated alkanes) is 14. The monoisotopic (exact) mass is 620 g/mol. The maximum absolute atomic E-state index is 11.3. The molecular formula is C36H58Cl2N2O2. The van der Waals surface area contributed by atoms with Crippen molar-refractivity contribution in [3.8, 4) is 0 Å². The summed E-state index contributed by atoms with van der Waals surface area (Å²) in [6.07, 6.45) is 23.0. The van der Waals surface area contributed by atoms with E-state index >= 15 is 0 Å². The minimum atomic E-state index is -1.25. The van der Waals surface area contributed by atoms with Crippen LogP contribution in [0.1, 0.15) is 128 Å². The highest BCUT2D eigenvalue weighted by atomic mass is 35.5. The van der Waals surface area contributed by atoms with Crippen LogP contribution in [0.15, 0.2) is 48.5 Å². The largest absolute Gasteiger partial charge is 0.548 e. The summed E-state index contributed by atoms with van der Waals surface area (Å²) in [5, 5.41) is 14.8. The van der Waals surface area contributed by atoms with Crippen molar-refractivity contribution in [1.29, 1.82) is 0 Å². The molecule has 0 aliphatic rings. The van der Waals surface area contributed by atoms with Gasteiger partial charge in [-0.2, -0.15) is 0 Å². The molecule has 0 saturated carbocycles. The zero-order chi connectivity index (χ0) is 31.1. The van der Waals surface area contributed by atoms with E-state index in [4.69, 9.17) is 23.2 Å². The second-order valence-corrected chi connectivity index (χ2v) is 13.1. The van der Waals surface area contributed by atoms with E-state index in [-0.39, 0.29) is 0 Å². The lowest BCUT2D eigenvalue weighted by Gasteiger charge is -2.30. The summed E-state index contributed by atoms with van der Waals surface area (Å²) < 4.78 is 1.24. The maximum Gasteiger partial charge on any atom is 0.0913 e. The number of aliphatic carboxylic acids is 1. The molecule has 0 bridgehead atoms. The summed E-state index contributed by atoms with van der Waals surface area (Å²) in [5.74, 6) is -1.25. The Labute approximate surface area is 267 Å². The van der Waals surface area contributed by atoms with Gasteiger partial charge in [-0.25, -0.2) is 0 Å². The van der Waals surface area contributed by atoms with Gasteiger partial charge >= 0.3 is 0 Å². The molecule has 0 amide bonds. The number of para-hydroxylation sites is 1. The number of rotatable bonds is 22. The van der Waals surface area contributed by atoms with Crippen molar-refractivity contribution in [2.24, 2.45) is 0 Å². The van der Waals surface area contributed by atoms with Crippen LogP contribution >= 0.6 is 23.2 Å². The van der Waals surface area contributed by atoms with Gasteiger partial charge < -0.3 is 19.7 Å². The fraction of sp³-hybridized carbons (Fsp3) is 0.639. The van der Waals surface area contributed by atoms with E-state index in [1.807, 2.05) is 0 Å². The first-order valence-electron chi connectivity index (χ1n) is 16.5. The van der Waals surface area contributed by atoms with Crippen molar-refractivity contribution in [2.45, 2.75) is 123 Å². The van der Waals surface area contributed by atoms with Gasteiger partial charge in [0, 0.05) is 0 Å². The highest BCUT2D eigenvalue weighted by Crippen LogP contribution is 2.32. The van der Waals surface area contributed by atoms with E-state index < -0.39 is 12.0 Å². The molecule has 1 atom stereocenters. The summed E-state index contributed by atoms with van der Waals surface area (Å²) in [4.78, 5) is 11.3. The Bertz CT molecular complexity index is 910. The third-order valence-electron chi connectivity index (χ3n) is 7.85. The smallest absolute Gasteiger partial charge is 0.0913 e. The number of anilines is 1. The van der Waals surface area contributed by atoms with Gasteiger partial charge in [0.15, 0.2) is 0 Å². The molecule has 0 radical (unpaired) electrons. The molecule has 6 heteroatoms. The molecule has 0 aliphatic carbocycles. The predicted molar refractivity (Wildman–Crippen MR) is 181 cm³/mol. The van der Waals surface area contributed by atoms with Crippen LogP contribution in [-0.4, -0.2) is 37.6 Å². The topological polar surface area (TPSA) is 52.2 Å². The fourth-order valence-electron chi connectivity index (χ4n) is 5.16. The van der Waals surface area contributed by atoms with Crippen molar-refractivity contribution in [3.05, 3.63) is 64.1 Å². The number of hydrogen-bond acceptors (Lipinski definition) is 3. The zero-order valence-corrected chi connectivity index (χ0v) is 28.5. The summed E-state index contributed by atoms with van der Waals surface area (Å²) in [6.45, 7) is 7.36. The van der Waals surface area contributed by atoms with Crippen molar-refractivity contribution in [2.75, 3.05) is 32.5 Å². The van der Waals surface area contributed by atoms with E-state index in [0.29, 0.717) is 21.3 Å². The fourth-order valence-corrected chi connectivity index (χ4v) is 5.67. The molecule has 1 unspecified atom stereocenters. The number of carbonyl (C=O) groups is 1. The maximum atomic E-state index is 11.3. The molecule has 2 aromatic carbocycles. The molecule has 0 saturated heterocycles. The molecule has 4 nitrogen and oxygen atoms in total. The Kier molecular flexibility index (Phi) is 21.6. The van der Waals surface area contributed by atoms with Gasteiger partial charge in [-0.05, 0) is 43.4 Å². The van der Waals surface area contributed by atoms with Gasteiger partial charge in [0.25, 0.3) is 0 Å². The van der Waals surface area contributed by atoms with E-state index in [2.05, 4.69) is 33.3 Å². The number of benzene rings is 2. The third kappa shape index (κ3) is 18.0. The SMILES string of the molecule is CCCCCCCCCC[N+](C)(C)CCCCCCCCCC.O=C([O-])C(Nc1c(Cl)cccc1Cl)c1ccccc1. The van der Waals surface area contributed by atoms with Crippen molar-refractivity contribution < 1.29 is 14.4 Å². The molecule has 2 aromatic rings. The molecule has 42 heavy (non-hydrogen) atoms. The molecule has 0 aliphatic heterocycles. The number of carboxylic acids is 1. The van der Waals surface area contributed by atoms with E-state index in [1.54, 1.807) is 48.5 Å². The average Bonchev–Trinajstić information content (AvgIpc) is 2.96. The summed E-state index contributed by atoms with van der Waals surface area (Å²) >= 11 is 12.0. The van der Waals surface area contributed by atoms with Gasteiger partial charge in [0.05, 0.1) is 54.9 Å². The number of nitrogens with one attached hydrogen (secondary N) is 1. The van der Waals surface area contributed by atoms with Gasteiger partial charge in [-0.15, -0.1) is 0 Å². The molecule has 238 valence electrons. The number of quaternary nitrogens is 1. The molecule has 0 fully saturated rings. The van der Waals surface area contributed by atoms with Crippen LogP contribution < -0.4 is 10.4 Å². The highest BCUT2D eigenvalue weighted by Gasteiger charge is 2.16. The Hall–Kier alpha value is -1.75. The lowest BCUT2D eigenvalue weighted by molar-refractivity contribution is -0.890. The van der Waals surface area contributed by atoms with Crippen LogP contribution in [-0.2, 0) is 4.79 Å². The molecule has 0 heterocycles. The Morgan fingerprint density at radius 1 is 0.667 bits per heavy atom. The quantitative estimate of drug-likeness (QED) is 0.105. The molecule has 1 N–H and O–H groups in total. The second-order valence-electron chi connectivity index (χ2n) is 12.2. The van der Waals surface area contributed by atoms with Gasteiger partial charge in [0.1, 0.15) is 0 Å². The normalized spacial score (nSPS) is 12.0. The molecular weight excluding hydrogens is 563 g/mol. The van der Waals surface area contributed by atoms with Crippen LogP contribution in [0.3, 0.4) is 0 Å². The first-order chi connectivity index (χ1) is 20.2. The summed E-state index contributed by atoms with van der Waals surface area (Å²) in [7, 11) is 4.87. The van der Waals surface area contributed by atoms with Crippen molar-refractivity contribution in [1.82, 2.24) is 0 Å². The van der Waals surface area contributed by atoms with Crippen LogP contribution in [0.25, 0.3) is 0 Å². The Balaban J connectivity index is 0.000000426. The standard InChI is InChI=1S/C22H48N.C14H11Cl2NO2/c1-5-7-9-11-13-15-17-19-21-23(3,4)22-20-18-16-14-12-10-8-6-2;15-10-7-4-8-11(16)13(10)17-12(14(18)19)9-5-2-1-3-6-9/h5-22H2,1-4H3;1-8,12,17H,(H,18,19)/q+1;/p-1. The van der Waals surface area contributed by atoms with E-state index in [1.165, 1.54) is 120 Å². The van der Waals surface area contributed by atoms with Gasteiger partial charge in [0.2, 0.25) is 0 Å². The minimum absolute atomic E-state index is 0.356. The lowest BCUT2D eigenvalue weighted by Crippen LogP contribution is -2.41. The Morgan fingerprint density at radius 3 is 1.48 bits per heavy atom. The summed E-state index contributed by atoms with van der Waals surface area (Å²) in [5.41, 5.74) is 0.947. The van der Waals surface area contributed by atoms with Gasteiger partial charge in [-0.1, -0.05) is 150 Å². The molecule has 2 rings (SSSR count). The Morgan fingerprint density at radius 2 is 1.07 bits per heavy atom. The lowest BCUT2D eigenvalue weighted by atomic mass is 10.1. The van der Waals surface area contributed by atoms with Crippen LogP contribution in [0.5, 0.6) is 0 Å². The van der Waals surface area contributed by atoms with Crippen LogP contribution in [0.2, 0.25) is 10.0 Å². The number of carboxylic acid groups (broad SMARTS) is 1. The predicted octanol–water partition coefficient (Wildman–Crippen LogP) is 10.2. The molecule has 0 spiro atoms. The third-order valence-corrected chi connectivity index (χ3v) is 8.48. The first-order valence-corrected chi connectivity index (χ1v) is 17.3. The van der Waals surface area contributed by atoms with Crippen molar-refractivity contribution >= 4 is 34.9 Å². The van der Waals surface area contributed by atoms with Crippen LogP contribution in [0, 0.1) is 0 Å². The first kappa shape index (κ1) is 38.3. The highest BCUT2D eigenvalue weighted by molar-refractivity contribution is 6.39. The van der Waals surface area contributed by atoms with Gasteiger partial charge in [-0.3, -0.25) is 0 Å². The minimum Gasteiger partial charge on any atom is -0.548 e. The number of hydrogen-bond donors (Lipinski definition) is 1. The zero-order valence-electron chi connectivity index (χ0n) is 26.9. The average molecular weight is 622 g/mol. The molecule has 0 aromatic heterocycles. The second kappa shape index (κ2) is 23.7.